The number of ether oxygens (including phenoxy) is 2. The molecule has 14 nitrogen and oxygen atoms in total. The second-order valence-electron chi connectivity index (χ2n) is 16.5. The van der Waals surface area contributed by atoms with Crippen LogP contribution in [0.25, 0.3) is 11.3 Å². The van der Waals surface area contributed by atoms with Crippen LogP contribution in [0.3, 0.4) is 0 Å². The Kier molecular flexibility index (Phi) is 11.3. The molecule has 0 spiro atoms. The summed E-state index contributed by atoms with van der Waals surface area (Å²) in [4.78, 5) is 71.5. The van der Waals surface area contributed by atoms with E-state index in [1.165, 1.54) is 25.5 Å². The predicted octanol–water partition coefficient (Wildman–Crippen LogP) is 6.35. The Morgan fingerprint density at radius 1 is 0.821 bits per heavy atom. The number of nitrogens with one attached hydrogen (secondary N) is 4. The Morgan fingerprint density at radius 3 is 1.96 bits per heavy atom. The van der Waals surface area contributed by atoms with Gasteiger partial charge in [0.05, 0.1) is 38.2 Å². The summed E-state index contributed by atoms with van der Waals surface area (Å²) >= 11 is 0. The van der Waals surface area contributed by atoms with Crippen molar-refractivity contribution in [1.29, 1.82) is 0 Å². The first-order valence-corrected chi connectivity index (χ1v) is 20.1. The Morgan fingerprint density at radius 2 is 1.38 bits per heavy atom. The Labute approximate surface area is 328 Å². The largest absolute Gasteiger partial charge is 0.453 e. The number of aromatic nitrogens is 4. The first kappa shape index (κ1) is 39.1. The molecule has 4 heterocycles. The van der Waals surface area contributed by atoms with Gasteiger partial charge in [-0.1, -0.05) is 44.2 Å². The number of likely N-dealkylation sites (tertiary alicyclic amines) is 2. The Bertz CT molecular complexity index is 1890. The van der Waals surface area contributed by atoms with Gasteiger partial charge in [-0.3, -0.25) is 9.59 Å². The third-order valence-electron chi connectivity index (χ3n) is 13.1. The van der Waals surface area contributed by atoms with Crippen molar-refractivity contribution in [2.45, 2.75) is 119 Å². The van der Waals surface area contributed by atoms with Crippen LogP contribution in [0.1, 0.15) is 119 Å². The third kappa shape index (κ3) is 7.41. The lowest BCUT2D eigenvalue weighted by Crippen LogP contribution is -2.51. The standard InChI is InChI=1S/C42H56N8O6/c1-6-9-29(46-39(53)55-4)37(51)49-22-7-11-32(49)36-44-25-33(47-36)42-19-16-41(17-20-42,18-21-42)28-14-12-27(13-15-28)30-24-43-35(45-30)31-10-8-23-50(31)38(52)34(26(2)3)48-40(54)56-5/h6,12-15,24-26,29,31-32,34H,1,7-11,16-23H2,2-5H3,(H,43,45)(H,44,47)(H,46,53)(H,48,54)/t29-,31-,32-,34-,41?,42?/m0/s1. The van der Waals surface area contributed by atoms with Crippen molar-refractivity contribution in [3.8, 4) is 11.3 Å². The molecule has 0 radical (unpaired) electrons. The van der Waals surface area contributed by atoms with Gasteiger partial charge in [-0.25, -0.2) is 19.6 Å². The zero-order valence-corrected chi connectivity index (χ0v) is 33.1. The van der Waals surface area contributed by atoms with Gasteiger partial charge in [-0.15, -0.1) is 6.58 Å². The van der Waals surface area contributed by atoms with Crippen LogP contribution in [-0.2, 0) is 29.9 Å². The van der Waals surface area contributed by atoms with E-state index in [9.17, 15) is 19.2 Å². The zero-order chi connectivity index (χ0) is 39.6. The average molecular weight is 769 g/mol. The Hall–Kier alpha value is -5.14. The number of carbonyl (C=O) groups excluding carboxylic acids is 4. The van der Waals surface area contributed by atoms with E-state index in [1.807, 2.05) is 36.0 Å². The summed E-state index contributed by atoms with van der Waals surface area (Å²) in [7, 11) is 2.59. The van der Waals surface area contributed by atoms with E-state index < -0.39 is 24.3 Å². The van der Waals surface area contributed by atoms with Crippen LogP contribution < -0.4 is 10.6 Å². The molecule has 2 aliphatic heterocycles. The highest BCUT2D eigenvalue weighted by Crippen LogP contribution is 2.58. The lowest BCUT2D eigenvalue weighted by molar-refractivity contribution is -0.135. The van der Waals surface area contributed by atoms with Gasteiger partial charge in [0.15, 0.2) is 0 Å². The predicted molar refractivity (Wildman–Crippen MR) is 209 cm³/mol. The van der Waals surface area contributed by atoms with Crippen molar-refractivity contribution in [3.63, 3.8) is 0 Å². The van der Waals surface area contributed by atoms with Gasteiger partial charge >= 0.3 is 12.2 Å². The van der Waals surface area contributed by atoms with E-state index in [-0.39, 0.29) is 40.6 Å². The highest BCUT2D eigenvalue weighted by molar-refractivity contribution is 5.87. The van der Waals surface area contributed by atoms with Crippen LogP contribution in [0, 0.1) is 5.92 Å². The molecule has 5 aliphatic rings. The van der Waals surface area contributed by atoms with E-state index >= 15 is 0 Å². The number of rotatable bonds is 12. The molecular formula is C42H56N8O6. The maximum atomic E-state index is 13.6. The third-order valence-corrected chi connectivity index (χ3v) is 13.1. The summed E-state index contributed by atoms with van der Waals surface area (Å²) in [5.74, 6) is 1.21. The van der Waals surface area contributed by atoms with Crippen molar-refractivity contribution in [1.82, 2.24) is 40.4 Å². The van der Waals surface area contributed by atoms with E-state index in [0.717, 1.165) is 87.1 Å². The van der Waals surface area contributed by atoms with Crippen LogP contribution in [0.15, 0.2) is 49.3 Å². The van der Waals surface area contributed by atoms with Crippen molar-refractivity contribution in [2.24, 2.45) is 5.92 Å². The average Bonchev–Trinajstić information content (AvgIpc) is 4.07. The molecule has 3 aliphatic carbocycles. The summed E-state index contributed by atoms with van der Waals surface area (Å²) in [5, 5.41) is 5.38. The number of H-pyrrole nitrogens is 2. The summed E-state index contributed by atoms with van der Waals surface area (Å²) in [5.41, 5.74) is 4.69. The maximum absolute atomic E-state index is 13.6. The smallest absolute Gasteiger partial charge is 0.407 e. The van der Waals surface area contributed by atoms with Gasteiger partial charge in [0.25, 0.3) is 0 Å². The van der Waals surface area contributed by atoms with Gasteiger partial charge in [-0.05, 0) is 93.1 Å². The minimum Gasteiger partial charge on any atom is -0.453 e. The Balaban J connectivity index is 0.992. The topological polar surface area (TPSA) is 175 Å². The summed E-state index contributed by atoms with van der Waals surface area (Å²) in [6.07, 6.45) is 14.4. The number of imidazole rings is 2. The molecule has 4 N–H and O–H groups in total. The van der Waals surface area contributed by atoms with E-state index in [1.54, 1.807) is 6.08 Å². The highest BCUT2D eigenvalue weighted by Gasteiger charge is 2.51. The number of hydrogen-bond acceptors (Lipinski definition) is 8. The molecule has 5 fully saturated rings. The molecule has 2 aromatic heterocycles. The van der Waals surface area contributed by atoms with Crippen LogP contribution in [-0.4, -0.2) is 93.1 Å². The second-order valence-corrected chi connectivity index (χ2v) is 16.5. The monoisotopic (exact) mass is 768 g/mol. The van der Waals surface area contributed by atoms with Crippen molar-refractivity contribution in [3.05, 3.63) is 72.2 Å². The van der Waals surface area contributed by atoms with E-state index in [2.05, 4.69) is 51.4 Å². The number of methoxy groups -OCH3 is 2. The fourth-order valence-corrected chi connectivity index (χ4v) is 9.75. The van der Waals surface area contributed by atoms with Gasteiger partial charge in [0, 0.05) is 30.4 Å². The van der Waals surface area contributed by atoms with Gasteiger partial charge in [0.1, 0.15) is 23.7 Å². The molecule has 8 rings (SSSR count). The molecule has 300 valence electrons. The molecule has 0 unspecified atom stereocenters. The van der Waals surface area contributed by atoms with Crippen LogP contribution >= 0.6 is 0 Å². The summed E-state index contributed by atoms with van der Waals surface area (Å²) in [6, 6.07) is 7.16. The molecule has 1 aromatic carbocycles. The van der Waals surface area contributed by atoms with E-state index in [4.69, 9.17) is 19.4 Å². The molecule has 56 heavy (non-hydrogen) atoms. The number of aromatic amines is 2. The number of benzene rings is 1. The minimum atomic E-state index is -0.730. The molecule has 14 heteroatoms. The number of alkyl carbamates (subject to hydrolysis) is 2. The summed E-state index contributed by atoms with van der Waals surface area (Å²) in [6.45, 7) is 8.81. The quantitative estimate of drug-likeness (QED) is 0.154. The van der Waals surface area contributed by atoms with E-state index in [0.29, 0.717) is 19.5 Å². The summed E-state index contributed by atoms with van der Waals surface area (Å²) < 4.78 is 9.53. The van der Waals surface area contributed by atoms with Crippen molar-refractivity contribution < 1.29 is 28.7 Å². The minimum absolute atomic E-state index is 0.0462. The first-order valence-electron chi connectivity index (χ1n) is 20.1. The number of carbonyl (C=O) groups is 4. The molecule has 4 amide bonds. The first-order chi connectivity index (χ1) is 27.0. The number of fused-ring (bicyclic) bond motifs is 3. The molecular weight excluding hydrogens is 713 g/mol. The van der Waals surface area contributed by atoms with Crippen molar-refractivity contribution in [2.75, 3.05) is 27.3 Å². The SMILES string of the molecule is C=CC[C@H](NC(=O)OC)C(=O)N1CCC[C@H]1c1ncc(C23CCC(c4ccc(-c5cnc([C@@H]6CCCN6C(=O)[C@@H](NC(=O)OC)C(C)C)[nH]5)cc4)(CC2)CC3)[nH]1. The normalized spacial score (nSPS) is 25.5. The molecule has 4 atom stereocenters. The molecule has 2 saturated heterocycles. The molecule has 2 bridgehead atoms. The molecule has 3 saturated carbocycles. The van der Waals surface area contributed by atoms with Crippen molar-refractivity contribution >= 4 is 24.0 Å². The zero-order valence-electron chi connectivity index (χ0n) is 33.1. The fraction of sp³-hybridized carbons (Fsp3) is 0.571. The number of amides is 4. The van der Waals surface area contributed by atoms with Gasteiger partial charge < -0.3 is 39.9 Å². The van der Waals surface area contributed by atoms with Crippen LogP contribution in [0.4, 0.5) is 9.59 Å². The van der Waals surface area contributed by atoms with Crippen LogP contribution in [0.5, 0.6) is 0 Å². The van der Waals surface area contributed by atoms with Crippen LogP contribution in [0.2, 0.25) is 0 Å². The van der Waals surface area contributed by atoms with Gasteiger partial charge in [-0.2, -0.15) is 0 Å². The highest BCUT2D eigenvalue weighted by atomic mass is 16.5. The molecule has 3 aromatic rings. The lowest BCUT2D eigenvalue weighted by Gasteiger charge is -2.53. The maximum Gasteiger partial charge on any atom is 0.407 e. The lowest BCUT2D eigenvalue weighted by atomic mass is 9.51. The second kappa shape index (κ2) is 16.1. The fourth-order valence-electron chi connectivity index (χ4n) is 9.75. The number of hydrogen-bond donors (Lipinski definition) is 4. The number of nitrogens with zero attached hydrogens (tertiary/aromatic N) is 4. The van der Waals surface area contributed by atoms with Gasteiger partial charge in [0.2, 0.25) is 11.8 Å².